The second-order valence-electron chi connectivity index (χ2n) is 5.36. The van der Waals surface area contributed by atoms with Crippen LogP contribution in [0.1, 0.15) is 41.6 Å². The molecule has 2 aromatic rings. The Labute approximate surface area is 135 Å². The molecule has 2 rings (SSSR count). The summed E-state index contributed by atoms with van der Waals surface area (Å²) in [6.45, 7) is 7.04. The first kappa shape index (κ1) is 16.1. The first-order valence-electron chi connectivity index (χ1n) is 7.28. The third kappa shape index (κ3) is 3.86. The van der Waals surface area contributed by atoms with Gasteiger partial charge >= 0.3 is 0 Å². The summed E-state index contributed by atoms with van der Waals surface area (Å²) in [4.78, 5) is 0. The third-order valence-corrected chi connectivity index (χ3v) is 4.29. The molecule has 2 aromatic carbocycles. The van der Waals surface area contributed by atoms with Gasteiger partial charge in [-0.1, -0.05) is 31.2 Å². The maximum atomic E-state index is 6.39. The van der Waals surface area contributed by atoms with Gasteiger partial charge in [0, 0.05) is 0 Å². The number of rotatable bonds is 5. The van der Waals surface area contributed by atoms with E-state index in [1.165, 1.54) is 11.1 Å². The van der Waals surface area contributed by atoms with Gasteiger partial charge in [-0.2, -0.15) is 0 Å². The van der Waals surface area contributed by atoms with Gasteiger partial charge in [0.05, 0.1) is 17.1 Å². The van der Waals surface area contributed by atoms with Crippen LogP contribution >= 0.6 is 15.9 Å². The zero-order chi connectivity index (χ0) is 15.4. The van der Waals surface area contributed by atoms with Crippen LogP contribution in [0.5, 0.6) is 5.75 Å². The minimum absolute atomic E-state index is 0.124. The van der Waals surface area contributed by atoms with Crippen LogP contribution in [0, 0.1) is 13.8 Å². The lowest BCUT2D eigenvalue weighted by Gasteiger charge is -2.16. The number of ether oxygens (including phenoxy) is 1. The molecule has 0 aliphatic carbocycles. The molecule has 112 valence electrons. The SMILES string of the molecule is CCCOc1ccc(C(N)c2ccc(C)c(C)c2)cc1Br. The Hall–Kier alpha value is -1.32. The van der Waals surface area contributed by atoms with Gasteiger partial charge in [-0.3, -0.25) is 0 Å². The summed E-state index contributed by atoms with van der Waals surface area (Å²) in [5.74, 6) is 0.868. The molecular weight excluding hydrogens is 326 g/mol. The molecule has 0 fully saturated rings. The monoisotopic (exact) mass is 347 g/mol. The van der Waals surface area contributed by atoms with Gasteiger partial charge in [-0.25, -0.2) is 0 Å². The van der Waals surface area contributed by atoms with E-state index in [4.69, 9.17) is 10.5 Å². The second kappa shape index (κ2) is 7.10. The molecule has 3 heteroatoms. The van der Waals surface area contributed by atoms with Crippen LogP contribution in [0.4, 0.5) is 0 Å². The molecule has 0 saturated carbocycles. The van der Waals surface area contributed by atoms with Crippen molar-refractivity contribution in [3.05, 3.63) is 63.1 Å². The molecule has 2 N–H and O–H groups in total. The van der Waals surface area contributed by atoms with E-state index in [0.29, 0.717) is 0 Å². The lowest BCUT2D eigenvalue weighted by Crippen LogP contribution is -2.12. The predicted octanol–water partition coefficient (Wildman–Crippen LogP) is 4.90. The van der Waals surface area contributed by atoms with Gasteiger partial charge in [0.15, 0.2) is 0 Å². The van der Waals surface area contributed by atoms with Gasteiger partial charge in [0.25, 0.3) is 0 Å². The number of halogens is 1. The van der Waals surface area contributed by atoms with Crippen molar-refractivity contribution in [1.29, 1.82) is 0 Å². The topological polar surface area (TPSA) is 35.2 Å². The summed E-state index contributed by atoms with van der Waals surface area (Å²) >= 11 is 3.56. The first-order chi connectivity index (χ1) is 10.0. The highest BCUT2D eigenvalue weighted by Gasteiger charge is 2.12. The largest absolute Gasteiger partial charge is 0.492 e. The van der Waals surface area contributed by atoms with E-state index in [2.05, 4.69) is 54.9 Å². The molecule has 0 saturated heterocycles. The normalized spacial score (nSPS) is 12.2. The first-order valence-corrected chi connectivity index (χ1v) is 8.07. The molecule has 2 nitrogen and oxygen atoms in total. The molecule has 0 heterocycles. The van der Waals surface area contributed by atoms with Crippen molar-refractivity contribution in [2.24, 2.45) is 5.73 Å². The molecule has 0 radical (unpaired) electrons. The maximum Gasteiger partial charge on any atom is 0.133 e. The highest BCUT2D eigenvalue weighted by atomic mass is 79.9. The molecule has 0 aliphatic heterocycles. The Kier molecular flexibility index (Phi) is 5.43. The molecule has 0 amide bonds. The fourth-order valence-electron chi connectivity index (χ4n) is 2.19. The van der Waals surface area contributed by atoms with Crippen molar-refractivity contribution in [2.45, 2.75) is 33.2 Å². The van der Waals surface area contributed by atoms with Crippen LogP contribution in [0.15, 0.2) is 40.9 Å². The van der Waals surface area contributed by atoms with Crippen molar-refractivity contribution in [1.82, 2.24) is 0 Å². The van der Waals surface area contributed by atoms with Gasteiger partial charge in [-0.15, -0.1) is 0 Å². The fraction of sp³-hybridized carbons (Fsp3) is 0.333. The van der Waals surface area contributed by atoms with Gasteiger partial charge in [0.1, 0.15) is 5.75 Å². The Morgan fingerprint density at radius 3 is 2.33 bits per heavy atom. The van der Waals surface area contributed by atoms with Crippen molar-refractivity contribution < 1.29 is 4.74 Å². The van der Waals surface area contributed by atoms with Crippen LogP contribution in [0.3, 0.4) is 0 Å². The molecular formula is C18H22BrNO. The van der Waals surface area contributed by atoms with E-state index < -0.39 is 0 Å². The summed E-state index contributed by atoms with van der Waals surface area (Å²) in [5.41, 5.74) is 11.2. The van der Waals surface area contributed by atoms with Crippen LogP contribution in [-0.2, 0) is 0 Å². The van der Waals surface area contributed by atoms with Crippen molar-refractivity contribution in [3.63, 3.8) is 0 Å². The molecule has 21 heavy (non-hydrogen) atoms. The highest BCUT2D eigenvalue weighted by Crippen LogP contribution is 2.30. The zero-order valence-electron chi connectivity index (χ0n) is 12.8. The van der Waals surface area contributed by atoms with Crippen LogP contribution in [-0.4, -0.2) is 6.61 Å². The van der Waals surface area contributed by atoms with E-state index in [1.807, 2.05) is 18.2 Å². The van der Waals surface area contributed by atoms with E-state index in [0.717, 1.165) is 34.4 Å². The number of benzene rings is 2. The molecule has 1 unspecified atom stereocenters. The predicted molar refractivity (Wildman–Crippen MR) is 91.9 cm³/mol. The average Bonchev–Trinajstić information content (AvgIpc) is 2.48. The summed E-state index contributed by atoms with van der Waals surface area (Å²) in [5, 5.41) is 0. The summed E-state index contributed by atoms with van der Waals surface area (Å²) < 4.78 is 6.63. The fourth-order valence-corrected chi connectivity index (χ4v) is 2.70. The number of hydrogen-bond donors (Lipinski definition) is 1. The van der Waals surface area contributed by atoms with Crippen LogP contribution in [0.25, 0.3) is 0 Å². The summed E-state index contributed by atoms with van der Waals surface area (Å²) in [6, 6.07) is 12.3. The van der Waals surface area contributed by atoms with Crippen molar-refractivity contribution in [2.75, 3.05) is 6.61 Å². The van der Waals surface area contributed by atoms with Gasteiger partial charge < -0.3 is 10.5 Å². The molecule has 0 aliphatic rings. The van der Waals surface area contributed by atoms with E-state index in [1.54, 1.807) is 0 Å². The zero-order valence-corrected chi connectivity index (χ0v) is 14.4. The van der Waals surface area contributed by atoms with Crippen molar-refractivity contribution >= 4 is 15.9 Å². The number of hydrogen-bond acceptors (Lipinski definition) is 2. The Bertz CT molecular complexity index is 625. The standard InChI is InChI=1S/C18H22BrNO/c1-4-9-21-17-8-7-15(11-16(17)19)18(20)14-6-5-12(2)13(3)10-14/h5-8,10-11,18H,4,9,20H2,1-3H3. The van der Waals surface area contributed by atoms with Crippen LogP contribution < -0.4 is 10.5 Å². The Balaban J connectivity index is 2.24. The lowest BCUT2D eigenvalue weighted by molar-refractivity contribution is 0.315. The van der Waals surface area contributed by atoms with Gasteiger partial charge in [0.2, 0.25) is 0 Å². The quantitative estimate of drug-likeness (QED) is 0.834. The van der Waals surface area contributed by atoms with E-state index >= 15 is 0 Å². The van der Waals surface area contributed by atoms with E-state index in [9.17, 15) is 0 Å². The van der Waals surface area contributed by atoms with E-state index in [-0.39, 0.29) is 6.04 Å². The average molecular weight is 348 g/mol. The summed E-state index contributed by atoms with van der Waals surface area (Å²) in [7, 11) is 0. The minimum Gasteiger partial charge on any atom is -0.492 e. The number of nitrogens with two attached hydrogens (primary N) is 1. The Morgan fingerprint density at radius 2 is 1.71 bits per heavy atom. The third-order valence-electron chi connectivity index (χ3n) is 3.67. The molecule has 0 spiro atoms. The molecule has 0 aromatic heterocycles. The van der Waals surface area contributed by atoms with Crippen molar-refractivity contribution in [3.8, 4) is 5.75 Å². The second-order valence-corrected chi connectivity index (χ2v) is 6.21. The molecule has 1 atom stereocenters. The highest BCUT2D eigenvalue weighted by molar-refractivity contribution is 9.10. The Morgan fingerprint density at radius 1 is 1.05 bits per heavy atom. The maximum absolute atomic E-state index is 6.39. The summed E-state index contributed by atoms with van der Waals surface area (Å²) in [6.07, 6.45) is 0.996. The number of aryl methyl sites for hydroxylation is 2. The minimum atomic E-state index is -0.124. The molecule has 0 bridgehead atoms. The lowest BCUT2D eigenvalue weighted by atomic mass is 9.96. The van der Waals surface area contributed by atoms with Gasteiger partial charge in [-0.05, 0) is 70.6 Å². The van der Waals surface area contributed by atoms with Crippen LogP contribution in [0.2, 0.25) is 0 Å². The smallest absolute Gasteiger partial charge is 0.133 e.